The number of hydrogen-bond acceptors (Lipinski definition) is 7. The topological polar surface area (TPSA) is 93.5 Å². The molecule has 2 heterocycles. The summed E-state index contributed by atoms with van der Waals surface area (Å²) in [6.07, 6.45) is -0.632. The summed E-state index contributed by atoms with van der Waals surface area (Å²) in [6, 6.07) is 13.3. The zero-order valence-corrected chi connectivity index (χ0v) is 22.3. The Morgan fingerprint density at radius 1 is 1.08 bits per heavy atom. The molecule has 4 rings (SSSR count). The molecule has 0 saturated carbocycles. The summed E-state index contributed by atoms with van der Waals surface area (Å²) in [5.74, 6) is -0.770. The van der Waals surface area contributed by atoms with Crippen LogP contribution < -0.4 is 10.9 Å². The Labute approximate surface area is 225 Å². The van der Waals surface area contributed by atoms with Gasteiger partial charge in [0, 0.05) is 40.8 Å². The predicted octanol–water partition coefficient (Wildman–Crippen LogP) is 4.44. The van der Waals surface area contributed by atoms with E-state index in [1.54, 1.807) is 62.4 Å². The van der Waals surface area contributed by atoms with Crippen molar-refractivity contribution in [2.75, 3.05) is 26.2 Å². The maximum Gasteiger partial charge on any atom is 0.324 e. The fourth-order valence-electron chi connectivity index (χ4n) is 4.60. The summed E-state index contributed by atoms with van der Waals surface area (Å²) in [6.45, 7) is 6.66. The van der Waals surface area contributed by atoms with E-state index < -0.39 is 23.6 Å². The standard InChI is InChI=1S/C27H28Cl2N4O4/c1-4-37-27(36)22-15-30-13-14-32(22)17(3)33-26(35)23(16(2)34)24(18-5-9-20(28)10-6-18)25(31-33)19-7-11-21(29)12-8-19/h5-12,17,22,30H,4,13-15H2,1-3H3. The van der Waals surface area contributed by atoms with Crippen LogP contribution in [0, 0.1) is 0 Å². The average Bonchev–Trinajstić information content (AvgIpc) is 2.89. The largest absolute Gasteiger partial charge is 0.465 e. The van der Waals surface area contributed by atoms with Gasteiger partial charge in [-0.2, -0.15) is 5.10 Å². The number of aromatic nitrogens is 2. The number of ketones is 1. The number of carbonyl (C=O) groups excluding carboxylic acids is 2. The third kappa shape index (κ3) is 5.62. The minimum Gasteiger partial charge on any atom is -0.465 e. The third-order valence-electron chi connectivity index (χ3n) is 6.40. The molecule has 2 aromatic carbocycles. The van der Waals surface area contributed by atoms with Gasteiger partial charge >= 0.3 is 5.97 Å². The van der Waals surface area contributed by atoms with Gasteiger partial charge < -0.3 is 10.1 Å². The number of nitrogens with zero attached hydrogens (tertiary/aromatic N) is 3. The summed E-state index contributed by atoms with van der Waals surface area (Å²) in [5.41, 5.74) is 1.65. The highest BCUT2D eigenvalue weighted by Gasteiger charge is 2.35. The molecule has 37 heavy (non-hydrogen) atoms. The van der Waals surface area contributed by atoms with Crippen molar-refractivity contribution in [2.24, 2.45) is 0 Å². The maximum atomic E-state index is 13.9. The van der Waals surface area contributed by atoms with Crippen molar-refractivity contribution in [3.63, 3.8) is 0 Å². The Morgan fingerprint density at radius 3 is 2.24 bits per heavy atom. The van der Waals surface area contributed by atoms with Gasteiger partial charge in [0.1, 0.15) is 12.2 Å². The number of hydrogen-bond donors (Lipinski definition) is 1. The first-order chi connectivity index (χ1) is 17.7. The molecule has 0 aliphatic carbocycles. The van der Waals surface area contributed by atoms with E-state index in [4.69, 9.17) is 33.0 Å². The number of halogens is 2. The van der Waals surface area contributed by atoms with Crippen molar-refractivity contribution in [1.29, 1.82) is 0 Å². The molecule has 2 atom stereocenters. The summed E-state index contributed by atoms with van der Waals surface area (Å²) in [4.78, 5) is 41.4. The Bertz CT molecular complexity index is 1360. The summed E-state index contributed by atoms with van der Waals surface area (Å²) >= 11 is 12.2. The molecule has 1 fully saturated rings. The van der Waals surface area contributed by atoms with Crippen molar-refractivity contribution in [3.8, 4) is 22.4 Å². The van der Waals surface area contributed by atoms with E-state index in [1.165, 1.54) is 11.6 Å². The molecule has 1 aliphatic rings. The van der Waals surface area contributed by atoms with Crippen LogP contribution in [0.15, 0.2) is 53.3 Å². The predicted molar refractivity (Wildman–Crippen MR) is 144 cm³/mol. The van der Waals surface area contributed by atoms with Gasteiger partial charge in [-0.15, -0.1) is 0 Å². The molecule has 0 spiro atoms. The van der Waals surface area contributed by atoms with Gasteiger partial charge in [0.2, 0.25) is 0 Å². The van der Waals surface area contributed by atoms with Gasteiger partial charge in [0.15, 0.2) is 5.78 Å². The molecule has 10 heteroatoms. The Balaban J connectivity index is 1.95. The maximum absolute atomic E-state index is 13.9. The summed E-state index contributed by atoms with van der Waals surface area (Å²) in [7, 11) is 0. The first kappa shape index (κ1) is 27.0. The monoisotopic (exact) mass is 542 g/mol. The molecule has 1 aromatic heterocycles. The van der Waals surface area contributed by atoms with Crippen LogP contribution in [-0.2, 0) is 9.53 Å². The molecule has 194 valence electrons. The number of nitrogens with one attached hydrogen (secondary N) is 1. The minimum atomic E-state index is -0.632. The average molecular weight is 543 g/mol. The summed E-state index contributed by atoms with van der Waals surface area (Å²) < 4.78 is 6.56. The lowest BCUT2D eigenvalue weighted by molar-refractivity contribution is -0.152. The second kappa shape index (κ2) is 11.6. The van der Waals surface area contributed by atoms with E-state index in [1.807, 2.05) is 4.90 Å². The lowest BCUT2D eigenvalue weighted by atomic mass is 9.94. The minimum absolute atomic E-state index is 0.0111. The number of esters is 1. The first-order valence-electron chi connectivity index (χ1n) is 12.1. The normalized spacial score (nSPS) is 16.8. The molecule has 1 aliphatic heterocycles. The van der Waals surface area contributed by atoms with Crippen LogP contribution in [0.2, 0.25) is 10.0 Å². The number of piperazine rings is 1. The molecule has 8 nitrogen and oxygen atoms in total. The molecule has 3 aromatic rings. The van der Waals surface area contributed by atoms with Crippen LogP contribution in [0.1, 0.15) is 37.3 Å². The van der Waals surface area contributed by atoms with Gasteiger partial charge in [-0.3, -0.25) is 19.3 Å². The van der Waals surface area contributed by atoms with E-state index >= 15 is 0 Å². The zero-order chi connectivity index (χ0) is 26.7. The second-order valence-corrected chi connectivity index (χ2v) is 9.63. The Hall–Kier alpha value is -3.04. The zero-order valence-electron chi connectivity index (χ0n) is 20.8. The molecule has 1 N–H and O–H groups in total. The van der Waals surface area contributed by atoms with Gasteiger partial charge in [0.25, 0.3) is 5.56 Å². The van der Waals surface area contributed by atoms with Crippen molar-refractivity contribution < 1.29 is 14.3 Å². The number of benzene rings is 2. The van der Waals surface area contributed by atoms with Crippen LogP contribution in [-0.4, -0.2) is 58.7 Å². The SMILES string of the molecule is CCOC(=O)C1CNCCN1C(C)n1nc(-c2ccc(Cl)cc2)c(-c2ccc(Cl)cc2)c(C(C)=O)c1=O. The number of Topliss-reactive ketones (excluding diaryl/α,β-unsaturated/α-hetero) is 1. The smallest absolute Gasteiger partial charge is 0.324 e. The fourth-order valence-corrected chi connectivity index (χ4v) is 4.85. The number of carbonyl (C=O) groups is 2. The van der Waals surface area contributed by atoms with E-state index in [0.29, 0.717) is 52.1 Å². The van der Waals surface area contributed by atoms with Crippen LogP contribution in [0.5, 0.6) is 0 Å². The molecule has 0 bridgehead atoms. The van der Waals surface area contributed by atoms with Gasteiger partial charge in [0.05, 0.1) is 17.9 Å². The highest BCUT2D eigenvalue weighted by molar-refractivity contribution is 6.31. The fraction of sp³-hybridized carbons (Fsp3) is 0.333. The van der Waals surface area contributed by atoms with Crippen LogP contribution in [0.3, 0.4) is 0 Å². The quantitative estimate of drug-likeness (QED) is 0.348. The van der Waals surface area contributed by atoms with Gasteiger partial charge in [-0.1, -0.05) is 47.5 Å². The van der Waals surface area contributed by atoms with E-state index in [-0.39, 0.29) is 18.1 Å². The highest BCUT2D eigenvalue weighted by atomic mass is 35.5. The number of ether oxygens (including phenoxy) is 1. The van der Waals surface area contributed by atoms with Gasteiger partial charge in [-0.25, -0.2) is 4.68 Å². The molecular weight excluding hydrogens is 515 g/mol. The van der Waals surface area contributed by atoms with Crippen molar-refractivity contribution in [2.45, 2.75) is 33.0 Å². The van der Waals surface area contributed by atoms with E-state index in [0.717, 1.165) is 0 Å². The van der Waals surface area contributed by atoms with Crippen molar-refractivity contribution in [3.05, 3.63) is 74.5 Å². The third-order valence-corrected chi connectivity index (χ3v) is 6.90. The summed E-state index contributed by atoms with van der Waals surface area (Å²) in [5, 5.41) is 9.07. The number of rotatable bonds is 7. The second-order valence-electron chi connectivity index (χ2n) is 8.76. The van der Waals surface area contributed by atoms with Crippen LogP contribution in [0.25, 0.3) is 22.4 Å². The molecular formula is C27H28Cl2N4O4. The Kier molecular flexibility index (Phi) is 8.44. The van der Waals surface area contributed by atoms with Crippen LogP contribution >= 0.6 is 23.2 Å². The molecule has 0 amide bonds. The molecule has 0 radical (unpaired) electrons. The highest BCUT2D eigenvalue weighted by Crippen LogP contribution is 2.34. The van der Waals surface area contributed by atoms with E-state index in [9.17, 15) is 14.4 Å². The van der Waals surface area contributed by atoms with Gasteiger partial charge in [-0.05, 0) is 50.6 Å². The first-order valence-corrected chi connectivity index (χ1v) is 12.8. The van der Waals surface area contributed by atoms with Crippen molar-refractivity contribution in [1.82, 2.24) is 20.0 Å². The lowest BCUT2D eigenvalue weighted by Gasteiger charge is -2.38. The van der Waals surface area contributed by atoms with Crippen molar-refractivity contribution >= 4 is 35.0 Å². The molecule has 2 unspecified atom stereocenters. The van der Waals surface area contributed by atoms with Crippen LogP contribution in [0.4, 0.5) is 0 Å². The van der Waals surface area contributed by atoms with E-state index in [2.05, 4.69) is 5.32 Å². The lowest BCUT2D eigenvalue weighted by Crippen LogP contribution is -2.58. The Morgan fingerprint density at radius 2 is 1.68 bits per heavy atom. The molecule has 1 saturated heterocycles.